The van der Waals surface area contributed by atoms with Crippen molar-refractivity contribution in [3.05, 3.63) is 28.8 Å². The van der Waals surface area contributed by atoms with Crippen molar-refractivity contribution in [2.75, 3.05) is 0 Å². The average molecular weight is 304 g/mol. The molecule has 0 amide bonds. The third-order valence-corrected chi connectivity index (χ3v) is 4.19. The number of ether oxygens (including phenoxy) is 1. The molecule has 6 nitrogen and oxygen atoms in total. The van der Waals surface area contributed by atoms with Crippen LogP contribution in [0.15, 0.2) is 23.1 Å². The van der Waals surface area contributed by atoms with Crippen LogP contribution in [0.25, 0.3) is 0 Å². The largest absolute Gasteiger partial charge is 0.493 e. The molecule has 118 valence electrons. The molecule has 1 N–H and O–H groups in total. The van der Waals surface area contributed by atoms with Gasteiger partial charge in [-0.15, -0.1) is 6.42 Å². The fraction of sp³-hybridized carbons (Fsp3) is 0.500. The monoisotopic (exact) mass is 304 g/mol. The van der Waals surface area contributed by atoms with E-state index >= 15 is 0 Å². The van der Waals surface area contributed by atoms with Crippen LogP contribution in [0.1, 0.15) is 20.8 Å². The number of aromatic nitrogens is 2. The zero-order valence-electron chi connectivity index (χ0n) is 12.9. The number of carbonyl (C=O) groups is 1. The number of hydrogen-bond donors (Lipinski definition) is 1. The summed E-state index contributed by atoms with van der Waals surface area (Å²) in [7, 11) is 0. The normalized spacial score (nSPS) is 22.5. The Morgan fingerprint density at radius 3 is 2.86 bits per heavy atom. The zero-order chi connectivity index (χ0) is 16.5. The molecule has 0 unspecified atom stereocenters. The Morgan fingerprint density at radius 2 is 2.27 bits per heavy atom. The van der Waals surface area contributed by atoms with Crippen molar-refractivity contribution in [3.63, 3.8) is 0 Å². The smallest absolute Gasteiger partial charge is 0.334 e. The van der Waals surface area contributed by atoms with Gasteiger partial charge < -0.3 is 9.84 Å². The van der Waals surface area contributed by atoms with E-state index in [0.29, 0.717) is 0 Å². The lowest BCUT2D eigenvalue weighted by Crippen LogP contribution is -2.26. The summed E-state index contributed by atoms with van der Waals surface area (Å²) in [5.41, 5.74) is -0.658. The molecule has 1 fully saturated rings. The lowest BCUT2D eigenvalue weighted by Gasteiger charge is -2.06. The van der Waals surface area contributed by atoms with Gasteiger partial charge in [-0.2, -0.15) is 0 Å². The standard InChI is InChI=1S/C16H20N2O4/c1-5-7-11-13(16(11,3)4)14(20)22-10-18-12(19)9-17(8-6-2)15(18)21/h2,5,7,9,11,13,19H,8,10H2,1,3-4H3/t11-,13+/m1/s1. The fourth-order valence-corrected chi connectivity index (χ4v) is 2.76. The number of carbonyl (C=O) groups excluding carboxylic acids is 1. The second-order valence-electron chi connectivity index (χ2n) is 5.97. The Balaban J connectivity index is 2.04. The SMILES string of the molecule is C#CCn1cc(O)n(COC(=O)[C@@H]2[C@@H](C=CC)C2(C)C)c1=O. The van der Waals surface area contributed by atoms with E-state index in [9.17, 15) is 14.7 Å². The first-order valence-corrected chi connectivity index (χ1v) is 7.06. The van der Waals surface area contributed by atoms with Gasteiger partial charge >= 0.3 is 11.7 Å². The van der Waals surface area contributed by atoms with Crippen molar-refractivity contribution in [3.8, 4) is 18.2 Å². The van der Waals surface area contributed by atoms with Gasteiger partial charge in [0.1, 0.15) is 0 Å². The Kier molecular flexibility index (Phi) is 4.18. The third-order valence-electron chi connectivity index (χ3n) is 4.19. The van der Waals surface area contributed by atoms with E-state index in [0.717, 1.165) is 4.57 Å². The third kappa shape index (κ3) is 2.67. The van der Waals surface area contributed by atoms with Crippen LogP contribution in [0, 0.1) is 29.6 Å². The number of esters is 1. The number of terminal acetylenes is 1. The van der Waals surface area contributed by atoms with E-state index in [1.807, 2.05) is 32.9 Å². The molecule has 1 aliphatic rings. The van der Waals surface area contributed by atoms with E-state index < -0.39 is 5.69 Å². The van der Waals surface area contributed by atoms with Crippen molar-refractivity contribution >= 4 is 5.97 Å². The number of hydrogen-bond acceptors (Lipinski definition) is 4. The predicted octanol–water partition coefficient (Wildman–Crippen LogP) is 1.34. The molecule has 0 radical (unpaired) electrons. The van der Waals surface area contributed by atoms with Crippen LogP contribution >= 0.6 is 0 Å². The summed E-state index contributed by atoms with van der Waals surface area (Å²) in [5, 5.41) is 9.72. The highest BCUT2D eigenvalue weighted by molar-refractivity contribution is 5.78. The predicted molar refractivity (Wildman–Crippen MR) is 80.9 cm³/mol. The molecule has 1 aromatic rings. The molecule has 0 aromatic carbocycles. The van der Waals surface area contributed by atoms with Gasteiger partial charge in [-0.25, -0.2) is 9.36 Å². The number of rotatable bonds is 5. The lowest BCUT2D eigenvalue weighted by molar-refractivity contribution is -0.150. The molecule has 0 bridgehead atoms. The maximum atomic E-state index is 12.1. The van der Waals surface area contributed by atoms with Gasteiger partial charge in [0.05, 0.1) is 18.7 Å². The number of imidazole rings is 1. The quantitative estimate of drug-likeness (QED) is 0.506. The minimum atomic E-state index is -0.511. The van der Waals surface area contributed by atoms with Crippen LogP contribution in [0.3, 0.4) is 0 Å². The molecule has 0 saturated heterocycles. The Morgan fingerprint density at radius 1 is 1.59 bits per heavy atom. The van der Waals surface area contributed by atoms with Gasteiger partial charge in [-0.1, -0.05) is 31.9 Å². The van der Waals surface area contributed by atoms with E-state index in [1.165, 1.54) is 10.8 Å². The van der Waals surface area contributed by atoms with E-state index in [4.69, 9.17) is 11.2 Å². The summed E-state index contributed by atoms with van der Waals surface area (Å²) >= 11 is 0. The number of aromatic hydroxyl groups is 1. The molecule has 6 heteroatoms. The number of nitrogens with zero attached hydrogens (tertiary/aromatic N) is 2. The Bertz CT molecular complexity index is 703. The summed E-state index contributed by atoms with van der Waals surface area (Å²) in [6, 6.07) is 0. The van der Waals surface area contributed by atoms with Gasteiger partial charge in [-0.05, 0) is 18.3 Å². The zero-order valence-corrected chi connectivity index (χ0v) is 12.9. The van der Waals surface area contributed by atoms with Gasteiger partial charge in [0.2, 0.25) is 5.88 Å². The second kappa shape index (κ2) is 5.76. The molecule has 0 aliphatic heterocycles. The van der Waals surface area contributed by atoms with Crippen molar-refractivity contribution in [2.45, 2.75) is 34.0 Å². The average Bonchev–Trinajstić information content (AvgIpc) is 2.88. The molecule has 1 aliphatic carbocycles. The van der Waals surface area contributed by atoms with Crippen LogP contribution in [0.4, 0.5) is 0 Å². The topological polar surface area (TPSA) is 73.5 Å². The van der Waals surface area contributed by atoms with Crippen molar-refractivity contribution < 1.29 is 14.6 Å². The van der Waals surface area contributed by atoms with Crippen molar-refractivity contribution in [1.82, 2.24) is 9.13 Å². The van der Waals surface area contributed by atoms with Crippen LogP contribution in [0.2, 0.25) is 0 Å². The van der Waals surface area contributed by atoms with E-state index in [-0.39, 0.29) is 42.4 Å². The summed E-state index contributed by atoms with van der Waals surface area (Å²) in [4.78, 5) is 24.1. The lowest BCUT2D eigenvalue weighted by atomic mass is 10.1. The first-order chi connectivity index (χ1) is 10.3. The molecular weight excluding hydrogens is 284 g/mol. The van der Waals surface area contributed by atoms with Gasteiger partial charge in [0.15, 0.2) is 6.73 Å². The van der Waals surface area contributed by atoms with Crippen LogP contribution in [-0.4, -0.2) is 20.2 Å². The highest BCUT2D eigenvalue weighted by atomic mass is 16.5. The second-order valence-corrected chi connectivity index (χ2v) is 5.97. The molecule has 2 rings (SSSR count). The molecule has 1 heterocycles. The molecule has 1 saturated carbocycles. The molecule has 2 atom stereocenters. The Labute approximate surface area is 129 Å². The molecule has 1 aromatic heterocycles. The van der Waals surface area contributed by atoms with Gasteiger partial charge in [0, 0.05) is 0 Å². The van der Waals surface area contributed by atoms with Crippen molar-refractivity contribution in [2.24, 2.45) is 17.3 Å². The van der Waals surface area contributed by atoms with E-state index in [1.54, 1.807) is 0 Å². The highest BCUT2D eigenvalue weighted by Gasteiger charge is 2.61. The maximum absolute atomic E-state index is 12.1. The van der Waals surface area contributed by atoms with Gasteiger partial charge in [-0.3, -0.25) is 9.36 Å². The number of allylic oxidation sites excluding steroid dienone is 2. The van der Waals surface area contributed by atoms with Crippen LogP contribution in [-0.2, 0) is 22.8 Å². The van der Waals surface area contributed by atoms with E-state index in [2.05, 4.69) is 5.92 Å². The summed E-state index contributed by atoms with van der Waals surface area (Å²) < 4.78 is 7.32. The molecule has 0 spiro atoms. The minimum absolute atomic E-state index is 0.0480. The summed E-state index contributed by atoms with van der Waals surface area (Å²) in [6.45, 7) is 5.62. The highest BCUT2D eigenvalue weighted by Crippen LogP contribution is 2.59. The van der Waals surface area contributed by atoms with Crippen LogP contribution < -0.4 is 5.69 Å². The van der Waals surface area contributed by atoms with Crippen LogP contribution in [0.5, 0.6) is 5.88 Å². The summed E-state index contributed by atoms with van der Waals surface area (Å²) in [5.74, 6) is 1.57. The molecule has 22 heavy (non-hydrogen) atoms. The summed E-state index contributed by atoms with van der Waals surface area (Å²) in [6.07, 6.45) is 10.3. The first kappa shape index (κ1) is 16.0. The fourth-order valence-electron chi connectivity index (χ4n) is 2.76. The van der Waals surface area contributed by atoms with Crippen molar-refractivity contribution in [1.29, 1.82) is 0 Å². The molecular formula is C16H20N2O4. The van der Waals surface area contributed by atoms with Gasteiger partial charge in [0.25, 0.3) is 0 Å². The Hall–Kier alpha value is -2.42. The first-order valence-electron chi connectivity index (χ1n) is 7.06. The minimum Gasteiger partial charge on any atom is -0.493 e. The maximum Gasteiger partial charge on any atom is 0.334 e.